The number of fused-ring (bicyclic) bond motifs is 1. The Morgan fingerprint density at radius 1 is 1.20 bits per heavy atom. The summed E-state index contributed by atoms with van der Waals surface area (Å²) in [5.74, 6) is 0.694. The number of nitrogens with two attached hydrogens (primary N) is 1. The zero-order chi connectivity index (χ0) is 14.2. The van der Waals surface area contributed by atoms with Crippen molar-refractivity contribution in [2.24, 2.45) is 5.73 Å². The topological polar surface area (TPSA) is 29.3 Å². The molecule has 0 amide bonds. The molecule has 110 valence electrons. The molecule has 1 aromatic rings. The Morgan fingerprint density at radius 2 is 1.90 bits per heavy atom. The third kappa shape index (κ3) is 2.29. The summed E-state index contributed by atoms with van der Waals surface area (Å²) >= 11 is 0. The van der Waals surface area contributed by atoms with E-state index in [1.54, 1.807) is 5.56 Å². The molecule has 1 fully saturated rings. The summed E-state index contributed by atoms with van der Waals surface area (Å²) in [6.45, 7) is 0. The molecular formula is C18H28N2. The molecule has 20 heavy (non-hydrogen) atoms. The van der Waals surface area contributed by atoms with Crippen LogP contribution in [-0.2, 0) is 6.42 Å². The average molecular weight is 272 g/mol. The van der Waals surface area contributed by atoms with Gasteiger partial charge in [0.1, 0.15) is 0 Å². The SMILES string of the molecule is CN(C)C1(C(N)CC2Cc3ccccc32)CCCCC1. The summed E-state index contributed by atoms with van der Waals surface area (Å²) < 4.78 is 0. The minimum absolute atomic E-state index is 0.239. The van der Waals surface area contributed by atoms with Gasteiger partial charge in [-0.1, -0.05) is 43.5 Å². The first-order valence-electron chi connectivity index (χ1n) is 8.14. The number of nitrogens with zero attached hydrogens (tertiary/aromatic N) is 1. The van der Waals surface area contributed by atoms with Gasteiger partial charge in [0.05, 0.1) is 0 Å². The Morgan fingerprint density at radius 3 is 2.55 bits per heavy atom. The van der Waals surface area contributed by atoms with Gasteiger partial charge in [-0.05, 0) is 56.8 Å². The van der Waals surface area contributed by atoms with E-state index in [0.717, 1.165) is 6.42 Å². The van der Waals surface area contributed by atoms with Crippen molar-refractivity contribution in [2.75, 3.05) is 14.1 Å². The lowest BCUT2D eigenvalue weighted by Crippen LogP contribution is -2.59. The van der Waals surface area contributed by atoms with Gasteiger partial charge >= 0.3 is 0 Å². The lowest BCUT2D eigenvalue weighted by atomic mass is 9.68. The molecule has 2 heteroatoms. The molecule has 0 aliphatic heterocycles. The van der Waals surface area contributed by atoms with Crippen molar-refractivity contribution in [3.8, 4) is 0 Å². The Balaban J connectivity index is 1.71. The van der Waals surface area contributed by atoms with Gasteiger partial charge in [0, 0.05) is 11.6 Å². The Hall–Kier alpha value is -0.860. The molecule has 0 bridgehead atoms. The van der Waals surface area contributed by atoms with E-state index in [0.29, 0.717) is 12.0 Å². The van der Waals surface area contributed by atoms with E-state index in [2.05, 4.69) is 43.3 Å². The van der Waals surface area contributed by atoms with Crippen LogP contribution in [0.15, 0.2) is 24.3 Å². The third-order valence-electron chi connectivity index (χ3n) is 5.80. The molecule has 0 spiro atoms. The van der Waals surface area contributed by atoms with E-state index in [1.165, 1.54) is 44.1 Å². The van der Waals surface area contributed by atoms with Crippen LogP contribution >= 0.6 is 0 Å². The van der Waals surface area contributed by atoms with Gasteiger partial charge in [-0.3, -0.25) is 0 Å². The van der Waals surface area contributed by atoms with E-state index in [4.69, 9.17) is 5.73 Å². The predicted octanol–water partition coefficient (Wildman–Crippen LogP) is 3.31. The minimum Gasteiger partial charge on any atom is -0.326 e. The van der Waals surface area contributed by atoms with Crippen molar-refractivity contribution in [2.45, 2.75) is 62.4 Å². The largest absolute Gasteiger partial charge is 0.326 e. The van der Waals surface area contributed by atoms with Crippen LogP contribution in [0.3, 0.4) is 0 Å². The van der Waals surface area contributed by atoms with E-state index < -0.39 is 0 Å². The maximum Gasteiger partial charge on any atom is 0.0354 e. The Bertz CT molecular complexity index is 460. The molecule has 0 aromatic heterocycles. The Labute approximate surface area is 123 Å². The van der Waals surface area contributed by atoms with Crippen molar-refractivity contribution in [1.29, 1.82) is 0 Å². The maximum atomic E-state index is 6.71. The molecule has 2 unspecified atom stereocenters. The van der Waals surface area contributed by atoms with E-state index >= 15 is 0 Å². The van der Waals surface area contributed by atoms with Crippen LogP contribution in [-0.4, -0.2) is 30.6 Å². The van der Waals surface area contributed by atoms with Crippen LogP contribution in [0, 0.1) is 0 Å². The molecule has 2 nitrogen and oxygen atoms in total. The zero-order valence-electron chi connectivity index (χ0n) is 12.9. The third-order valence-corrected chi connectivity index (χ3v) is 5.80. The molecule has 0 saturated heterocycles. The number of likely N-dealkylation sites (N-methyl/N-ethyl adjacent to an activating group) is 1. The standard InChI is InChI=1S/C18H28N2/c1-20(2)18(10-6-3-7-11-18)17(19)13-15-12-14-8-4-5-9-16(14)15/h4-5,8-9,15,17H,3,6-7,10-13,19H2,1-2H3. The molecule has 0 heterocycles. The number of hydrogen-bond donors (Lipinski definition) is 1. The smallest absolute Gasteiger partial charge is 0.0354 e. The number of rotatable bonds is 4. The summed E-state index contributed by atoms with van der Waals surface area (Å²) in [6, 6.07) is 9.17. The summed E-state index contributed by atoms with van der Waals surface area (Å²) in [6.07, 6.45) is 8.99. The Kier molecular flexibility index (Phi) is 3.87. The van der Waals surface area contributed by atoms with E-state index in [-0.39, 0.29) is 5.54 Å². The van der Waals surface area contributed by atoms with Gasteiger partial charge in [-0.2, -0.15) is 0 Å². The maximum absolute atomic E-state index is 6.71. The molecule has 0 radical (unpaired) electrons. The normalized spacial score (nSPS) is 25.9. The summed E-state index contributed by atoms with van der Waals surface area (Å²) in [5.41, 5.74) is 10.0. The quantitative estimate of drug-likeness (QED) is 0.911. The van der Waals surface area contributed by atoms with Crippen LogP contribution in [0.2, 0.25) is 0 Å². The fourth-order valence-corrected chi connectivity index (χ4v) is 4.41. The molecular weight excluding hydrogens is 244 g/mol. The molecule has 2 aliphatic carbocycles. The van der Waals surface area contributed by atoms with Crippen molar-refractivity contribution < 1.29 is 0 Å². The average Bonchev–Trinajstić information content (AvgIpc) is 2.45. The molecule has 2 N–H and O–H groups in total. The van der Waals surface area contributed by atoms with Gasteiger partial charge in [0.25, 0.3) is 0 Å². The summed E-state index contributed by atoms with van der Waals surface area (Å²) in [7, 11) is 4.44. The highest BCUT2D eigenvalue weighted by Gasteiger charge is 2.41. The van der Waals surface area contributed by atoms with Gasteiger partial charge in [-0.25, -0.2) is 0 Å². The highest BCUT2D eigenvalue weighted by molar-refractivity contribution is 5.40. The van der Waals surface area contributed by atoms with Crippen molar-refractivity contribution in [3.63, 3.8) is 0 Å². The van der Waals surface area contributed by atoms with Crippen LogP contribution in [0.1, 0.15) is 55.6 Å². The van der Waals surface area contributed by atoms with Crippen LogP contribution < -0.4 is 5.73 Å². The highest BCUT2D eigenvalue weighted by atomic mass is 15.2. The second-order valence-corrected chi connectivity index (χ2v) is 7.00. The van der Waals surface area contributed by atoms with E-state index in [1.807, 2.05) is 0 Å². The lowest BCUT2D eigenvalue weighted by Gasteiger charge is -2.49. The van der Waals surface area contributed by atoms with Crippen LogP contribution in [0.25, 0.3) is 0 Å². The van der Waals surface area contributed by atoms with Crippen LogP contribution in [0.4, 0.5) is 0 Å². The highest BCUT2D eigenvalue weighted by Crippen LogP contribution is 2.42. The summed E-state index contributed by atoms with van der Waals surface area (Å²) in [4.78, 5) is 2.42. The lowest BCUT2D eigenvalue weighted by molar-refractivity contribution is 0.0649. The van der Waals surface area contributed by atoms with Gasteiger partial charge in [0.15, 0.2) is 0 Å². The minimum atomic E-state index is 0.239. The molecule has 2 aliphatic rings. The zero-order valence-corrected chi connectivity index (χ0v) is 12.9. The van der Waals surface area contributed by atoms with Crippen molar-refractivity contribution in [1.82, 2.24) is 4.90 Å². The van der Waals surface area contributed by atoms with Crippen molar-refractivity contribution in [3.05, 3.63) is 35.4 Å². The first-order valence-corrected chi connectivity index (χ1v) is 8.14. The first-order chi connectivity index (χ1) is 9.63. The van der Waals surface area contributed by atoms with Gasteiger partial charge < -0.3 is 10.6 Å². The molecule has 2 atom stereocenters. The second-order valence-electron chi connectivity index (χ2n) is 7.00. The molecule has 3 rings (SSSR count). The number of hydrogen-bond acceptors (Lipinski definition) is 2. The van der Waals surface area contributed by atoms with Gasteiger partial charge in [-0.15, -0.1) is 0 Å². The van der Waals surface area contributed by atoms with E-state index in [9.17, 15) is 0 Å². The van der Waals surface area contributed by atoms with Gasteiger partial charge in [0.2, 0.25) is 0 Å². The molecule has 1 aromatic carbocycles. The number of benzene rings is 1. The van der Waals surface area contributed by atoms with Crippen molar-refractivity contribution >= 4 is 0 Å². The second kappa shape index (κ2) is 5.50. The monoisotopic (exact) mass is 272 g/mol. The first kappa shape index (κ1) is 14.1. The fraction of sp³-hybridized carbons (Fsp3) is 0.667. The summed E-state index contributed by atoms with van der Waals surface area (Å²) in [5, 5.41) is 0. The predicted molar refractivity (Wildman–Crippen MR) is 85.0 cm³/mol. The van der Waals surface area contributed by atoms with Crippen LogP contribution in [0.5, 0.6) is 0 Å². The molecule has 1 saturated carbocycles. The fourth-order valence-electron chi connectivity index (χ4n) is 4.41.